The topological polar surface area (TPSA) is 207 Å². The van der Waals surface area contributed by atoms with E-state index in [2.05, 4.69) is 15.1 Å². The Balaban J connectivity index is 0.932. The number of carboxylic acids is 2. The number of pyridine rings is 1. The number of amides is 2. The standard InChI is InChI=1S/C59H63N9O7S2/c1-34-26-35(2)68(65-34)50-25-20-38(29-61-50)41-16-8-9-17-42(41)48-32-76-58(63-48)66(39-21-22-39)54(69)45(27-36-12-4-5-13-36)52(56(71)72)53(57(73)74)46(28-37-14-6-7-15-37)55(70)67(40-23-24-40)59-64-49(33-77-59)44-19-11-10-18-43(44)47-30-62-51(75-3)31-60-47/h8-11,16-20,25-26,29-33,36-37,39-40,45-46,52-53H,4-7,12-15,21-24,27-28H2,1-3H3,(H,71,72)(H,73,74)/t45-,46-,52?,53?/m1/s1. The Labute approximate surface area is 455 Å². The fourth-order valence-electron chi connectivity index (χ4n) is 12.0. The highest BCUT2D eigenvalue weighted by Crippen LogP contribution is 2.47. The van der Waals surface area contributed by atoms with Crippen molar-refractivity contribution in [3.05, 3.63) is 107 Å². The van der Waals surface area contributed by atoms with Gasteiger partial charge in [-0.1, -0.05) is 99.9 Å². The van der Waals surface area contributed by atoms with Crippen LogP contribution >= 0.6 is 22.7 Å². The van der Waals surface area contributed by atoms with Gasteiger partial charge >= 0.3 is 11.9 Å². The number of hydrogen-bond donors (Lipinski definition) is 2. The third-order valence-electron chi connectivity index (χ3n) is 16.1. The molecule has 4 aliphatic carbocycles. The van der Waals surface area contributed by atoms with Crippen molar-refractivity contribution in [3.63, 3.8) is 0 Å². The van der Waals surface area contributed by atoms with Gasteiger partial charge in [0.25, 0.3) is 0 Å². The number of carboxylic acid groups (broad SMARTS) is 2. The third kappa shape index (κ3) is 11.0. The smallest absolute Gasteiger partial charge is 0.308 e. The fraction of sp³-hybridized carbons (Fsp3) is 0.424. The summed E-state index contributed by atoms with van der Waals surface area (Å²) < 4.78 is 7.06. The van der Waals surface area contributed by atoms with Crippen molar-refractivity contribution in [3.8, 4) is 56.6 Å². The average Bonchev–Trinajstić information content (AvgIpc) is 4.08. The lowest BCUT2D eigenvalue weighted by Gasteiger charge is -2.37. The monoisotopic (exact) mass is 1070 g/mol. The van der Waals surface area contributed by atoms with Crippen molar-refractivity contribution in [2.24, 2.45) is 35.5 Å². The molecule has 5 aromatic heterocycles. The van der Waals surface area contributed by atoms with Crippen LogP contribution in [0.15, 0.2) is 96.1 Å². The van der Waals surface area contributed by atoms with Gasteiger partial charge in [0, 0.05) is 57.0 Å². The SMILES string of the molecule is COc1cnc(-c2ccccc2-c2csc(N(C(=O)[C@H](CC3CCCC3)C(C(=O)O)C(C(=O)O)[C@@H](CC3CCCC3)C(=O)N(c3nc(-c4ccccc4-c4ccc(-n5nc(C)cc5C)nc4)cs3)C3CC3)C3CC3)n2)cn1. The van der Waals surface area contributed by atoms with E-state index in [4.69, 9.17) is 19.7 Å². The van der Waals surface area contributed by atoms with Crippen LogP contribution in [0.5, 0.6) is 5.88 Å². The van der Waals surface area contributed by atoms with Crippen LogP contribution in [0.25, 0.3) is 50.7 Å². The summed E-state index contributed by atoms with van der Waals surface area (Å²) >= 11 is 2.62. The number of aromatic nitrogens is 7. The van der Waals surface area contributed by atoms with Crippen molar-refractivity contribution < 1.29 is 34.1 Å². The van der Waals surface area contributed by atoms with Crippen LogP contribution in [0.3, 0.4) is 0 Å². The first kappa shape index (κ1) is 51.9. The highest BCUT2D eigenvalue weighted by Gasteiger charge is 2.54. The molecule has 4 atom stereocenters. The molecule has 2 N–H and O–H groups in total. The van der Waals surface area contributed by atoms with Crippen molar-refractivity contribution in [2.75, 3.05) is 16.9 Å². The molecule has 7 aromatic rings. The first-order valence-corrected chi connectivity index (χ1v) is 28.8. The summed E-state index contributed by atoms with van der Waals surface area (Å²) in [7, 11) is 1.53. The summed E-state index contributed by atoms with van der Waals surface area (Å²) in [5.41, 5.74) is 7.93. The van der Waals surface area contributed by atoms with E-state index in [1.807, 2.05) is 102 Å². The van der Waals surface area contributed by atoms with Crippen LogP contribution in [0, 0.1) is 49.4 Å². The summed E-state index contributed by atoms with van der Waals surface area (Å²) in [6.45, 7) is 3.94. The number of nitrogens with zero attached hydrogens (tertiary/aromatic N) is 9. The molecule has 398 valence electrons. The van der Waals surface area contributed by atoms with Gasteiger partial charge in [0.2, 0.25) is 17.7 Å². The molecular weight excluding hydrogens is 1010 g/mol. The van der Waals surface area contributed by atoms with E-state index in [1.54, 1.807) is 22.2 Å². The molecule has 0 radical (unpaired) electrons. The Morgan fingerprint density at radius 3 is 1.53 bits per heavy atom. The molecule has 0 spiro atoms. The molecule has 0 saturated heterocycles. The molecule has 18 heteroatoms. The number of anilines is 2. The first-order chi connectivity index (χ1) is 37.4. The molecule has 2 amide bonds. The predicted molar refractivity (Wildman–Crippen MR) is 296 cm³/mol. The summed E-state index contributed by atoms with van der Waals surface area (Å²) in [5, 5.41) is 32.5. The number of carbonyl (C=O) groups excluding carboxylic acids is 2. The van der Waals surface area contributed by atoms with E-state index in [-0.39, 0.29) is 36.8 Å². The van der Waals surface area contributed by atoms with Gasteiger partial charge < -0.3 is 14.9 Å². The molecule has 2 unspecified atom stereocenters. The molecular formula is C59H63N9O7S2. The van der Waals surface area contributed by atoms with Crippen molar-refractivity contribution in [1.29, 1.82) is 0 Å². The largest absolute Gasteiger partial charge is 0.481 e. The molecule has 16 nitrogen and oxygen atoms in total. The third-order valence-corrected chi connectivity index (χ3v) is 17.8. The molecule has 4 aliphatic rings. The zero-order valence-corrected chi connectivity index (χ0v) is 45.2. The Bertz CT molecular complexity index is 3260. The Morgan fingerprint density at radius 2 is 1.12 bits per heavy atom. The molecule has 11 rings (SSSR count). The molecule has 2 aromatic carbocycles. The van der Waals surface area contributed by atoms with E-state index < -0.39 is 47.4 Å². The van der Waals surface area contributed by atoms with Crippen LogP contribution in [0.4, 0.5) is 10.3 Å². The molecule has 77 heavy (non-hydrogen) atoms. The van der Waals surface area contributed by atoms with Gasteiger partial charge in [0.05, 0.1) is 66.0 Å². The van der Waals surface area contributed by atoms with E-state index in [1.165, 1.54) is 29.8 Å². The summed E-state index contributed by atoms with van der Waals surface area (Å²) in [6, 6.07) is 21.1. The number of methoxy groups -OCH3 is 1. The quantitative estimate of drug-likeness (QED) is 0.0688. The average molecular weight is 1070 g/mol. The normalized spacial score (nSPS) is 17.4. The van der Waals surface area contributed by atoms with Crippen LogP contribution in [-0.2, 0) is 19.2 Å². The van der Waals surface area contributed by atoms with E-state index >= 15 is 9.59 Å². The second kappa shape index (κ2) is 22.4. The van der Waals surface area contributed by atoms with Gasteiger partial charge in [0.1, 0.15) is 0 Å². The number of benzene rings is 2. The fourth-order valence-corrected chi connectivity index (χ4v) is 13.8. The van der Waals surface area contributed by atoms with Crippen LogP contribution in [0.1, 0.15) is 101 Å². The molecule has 4 fully saturated rings. The van der Waals surface area contributed by atoms with Gasteiger partial charge in [-0.15, -0.1) is 22.7 Å². The highest BCUT2D eigenvalue weighted by atomic mass is 32.1. The summed E-state index contributed by atoms with van der Waals surface area (Å²) in [4.78, 5) is 87.4. The maximum absolute atomic E-state index is 15.8. The Hall–Kier alpha value is -7.18. The first-order valence-electron chi connectivity index (χ1n) is 27.0. The number of ether oxygens (including phenoxy) is 1. The summed E-state index contributed by atoms with van der Waals surface area (Å²) in [6.07, 6.45) is 15.2. The number of aliphatic carboxylic acids is 2. The van der Waals surface area contributed by atoms with Gasteiger partial charge in [0.15, 0.2) is 16.1 Å². The molecule has 4 saturated carbocycles. The highest BCUT2D eigenvalue weighted by molar-refractivity contribution is 7.14. The number of thiazole rings is 2. The van der Waals surface area contributed by atoms with Gasteiger partial charge in [-0.05, 0) is 88.0 Å². The second-order valence-electron chi connectivity index (χ2n) is 21.4. The zero-order chi connectivity index (χ0) is 53.3. The number of carbonyl (C=O) groups is 4. The molecule has 5 heterocycles. The van der Waals surface area contributed by atoms with Crippen molar-refractivity contribution in [1.82, 2.24) is 34.7 Å². The minimum Gasteiger partial charge on any atom is -0.481 e. The second-order valence-corrected chi connectivity index (χ2v) is 23.1. The van der Waals surface area contributed by atoms with E-state index in [9.17, 15) is 19.8 Å². The number of rotatable bonds is 21. The maximum atomic E-state index is 15.8. The molecule has 0 bridgehead atoms. The Kier molecular flexibility index (Phi) is 15.1. The van der Waals surface area contributed by atoms with Crippen LogP contribution in [0.2, 0.25) is 0 Å². The van der Waals surface area contributed by atoms with Crippen LogP contribution < -0.4 is 14.5 Å². The molecule has 0 aliphatic heterocycles. The number of hydrogen-bond acceptors (Lipinski definition) is 13. The lowest BCUT2D eigenvalue weighted by Crippen LogP contribution is -2.52. The Morgan fingerprint density at radius 1 is 0.623 bits per heavy atom. The maximum Gasteiger partial charge on any atom is 0.308 e. The lowest BCUT2D eigenvalue weighted by atomic mass is 9.69. The van der Waals surface area contributed by atoms with Gasteiger partial charge in [-0.3, -0.25) is 29.0 Å². The lowest BCUT2D eigenvalue weighted by molar-refractivity contribution is -0.162. The number of aryl methyl sites for hydroxylation is 2. The van der Waals surface area contributed by atoms with Crippen molar-refractivity contribution >= 4 is 56.7 Å². The minimum atomic E-state index is -1.70. The van der Waals surface area contributed by atoms with Crippen LogP contribution in [-0.4, -0.2) is 87.9 Å². The predicted octanol–water partition coefficient (Wildman–Crippen LogP) is 11.7. The van der Waals surface area contributed by atoms with E-state index in [0.29, 0.717) is 64.7 Å². The minimum absolute atomic E-state index is 0.0211. The van der Waals surface area contributed by atoms with Gasteiger partial charge in [-0.25, -0.2) is 29.6 Å². The van der Waals surface area contributed by atoms with Gasteiger partial charge in [-0.2, -0.15) is 5.10 Å². The van der Waals surface area contributed by atoms with Crippen molar-refractivity contribution in [2.45, 2.75) is 116 Å². The van der Waals surface area contributed by atoms with E-state index in [0.717, 1.165) is 90.6 Å². The zero-order valence-electron chi connectivity index (χ0n) is 43.5. The summed E-state index contributed by atoms with van der Waals surface area (Å²) in [5.74, 6) is -8.40.